The summed E-state index contributed by atoms with van der Waals surface area (Å²) >= 11 is 0. The largest absolute Gasteiger partial charge is 0.316 e. The Morgan fingerprint density at radius 3 is 2.69 bits per heavy atom. The van der Waals surface area contributed by atoms with Gasteiger partial charge in [-0.25, -0.2) is 8.42 Å². The molecule has 0 aromatic heterocycles. The molecule has 0 atom stereocenters. The van der Waals surface area contributed by atoms with Crippen LogP contribution in [0.15, 0.2) is 29.2 Å². The number of nitrogens with zero attached hydrogens (tertiary/aromatic N) is 1. The van der Waals surface area contributed by atoms with Gasteiger partial charge < -0.3 is 5.32 Å². The van der Waals surface area contributed by atoms with Gasteiger partial charge in [0.05, 0.1) is 16.2 Å². The van der Waals surface area contributed by atoms with E-state index in [1.54, 1.807) is 12.1 Å². The smallest absolute Gasteiger partial charge is 0.180 e. The molecule has 0 radical (unpaired) electrons. The van der Waals surface area contributed by atoms with Crippen LogP contribution in [0.3, 0.4) is 0 Å². The van der Waals surface area contributed by atoms with E-state index in [0.717, 1.165) is 6.54 Å². The zero-order valence-corrected chi connectivity index (χ0v) is 9.92. The molecule has 1 aromatic rings. The minimum atomic E-state index is -3.36. The van der Waals surface area contributed by atoms with Gasteiger partial charge in [0.1, 0.15) is 6.07 Å². The fraction of sp³-hybridized carbons (Fsp3) is 0.364. The van der Waals surface area contributed by atoms with Crippen LogP contribution in [0, 0.1) is 11.3 Å². The Morgan fingerprint density at radius 1 is 1.38 bits per heavy atom. The van der Waals surface area contributed by atoms with Gasteiger partial charge >= 0.3 is 0 Å². The second-order valence-electron chi connectivity index (χ2n) is 3.28. The lowest BCUT2D eigenvalue weighted by Gasteiger charge is -2.06. The zero-order valence-electron chi connectivity index (χ0n) is 9.10. The van der Waals surface area contributed by atoms with Crippen molar-refractivity contribution in [1.82, 2.24) is 5.32 Å². The molecule has 4 nitrogen and oxygen atoms in total. The van der Waals surface area contributed by atoms with Gasteiger partial charge in [-0.3, -0.25) is 0 Å². The summed E-state index contributed by atoms with van der Waals surface area (Å²) in [5, 5.41) is 11.8. The summed E-state index contributed by atoms with van der Waals surface area (Å²) in [5.74, 6) is 0.0134. The minimum Gasteiger partial charge on any atom is -0.316 e. The molecule has 5 heteroatoms. The topological polar surface area (TPSA) is 70.0 Å². The molecule has 0 saturated heterocycles. The molecule has 0 aliphatic rings. The molecule has 1 rings (SSSR count). The predicted octanol–water partition coefficient (Wildman–Crippen LogP) is 0.941. The Morgan fingerprint density at radius 2 is 2.06 bits per heavy atom. The van der Waals surface area contributed by atoms with Crippen LogP contribution in [-0.4, -0.2) is 27.3 Å². The predicted molar refractivity (Wildman–Crippen MR) is 61.8 cm³/mol. The van der Waals surface area contributed by atoms with Crippen LogP contribution in [0.2, 0.25) is 0 Å². The Kier molecular flexibility index (Phi) is 4.47. The van der Waals surface area contributed by atoms with E-state index >= 15 is 0 Å². The maximum atomic E-state index is 11.9. The quantitative estimate of drug-likeness (QED) is 0.775. The van der Waals surface area contributed by atoms with Crippen LogP contribution in [-0.2, 0) is 9.84 Å². The molecular formula is C11H14N2O2S. The maximum absolute atomic E-state index is 11.9. The van der Waals surface area contributed by atoms with E-state index in [1.165, 1.54) is 12.1 Å². The SMILES string of the molecule is CCNCCS(=O)(=O)c1ccccc1C#N. The molecule has 16 heavy (non-hydrogen) atoms. The van der Waals surface area contributed by atoms with Crippen LogP contribution in [0.1, 0.15) is 12.5 Å². The molecule has 0 aliphatic heterocycles. The van der Waals surface area contributed by atoms with Crippen molar-refractivity contribution in [3.8, 4) is 6.07 Å². The van der Waals surface area contributed by atoms with Crippen molar-refractivity contribution in [3.63, 3.8) is 0 Å². The molecule has 1 aromatic carbocycles. The molecule has 1 N–H and O–H groups in total. The summed E-state index contributed by atoms with van der Waals surface area (Å²) < 4.78 is 23.8. The molecule has 0 saturated carbocycles. The Bertz CT molecular complexity index is 489. The second-order valence-corrected chi connectivity index (χ2v) is 5.36. The van der Waals surface area contributed by atoms with Crippen molar-refractivity contribution in [2.75, 3.05) is 18.8 Å². The van der Waals surface area contributed by atoms with Gasteiger partial charge in [0.25, 0.3) is 0 Å². The molecule has 0 amide bonds. The molecule has 0 bridgehead atoms. The Labute approximate surface area is 95.8 Å². The van der Waals surface area contributed by atoms with E-state index in [2.05, 4.69) is 5.32 Å². The normalized spacial score (nSPS) is 11.0. The molecule has 0 spiro atoms. The van der Waals surface area contributed by atoms with Gasteiger partial charge in [0.2, 0.25) is 0 Å². The number of nitriles is 1. The number of benzene rings is 1. The van der Waals surface area contributed by atoms with Crippen molar-refractivity contribution in [2.45, 2.75) is 11.8 Å². The first kappa shape index (κ1) is 12.7. The Hall–Kier alpha value is -1.38. The van der Waals surface area contributed by atoms with Crippen LogP contribution >= 0.6 is 0 Å². The van der Waals surface area contributed by atoms with Gasteiger partial charge in [0, 0.05) is 6.54 Å². The first-order valence-electron chi connectivity index (χ1n) is 5.04. The number of hydrogen-bond donors (Lipinski definition) is 1. The summed E-state index contributed by atoms with van der Waals surface area (Å²) in [6.45, 7) is 3.05. The van der Waals surface area contributed by atoms with E-state index in [-0.39, 0.29) is 16.2 Å². The third kappa shape index (κ3) is 3.05. The average molecular weight is 238 g/mol. The number of nitrogens with one attached hydrogen (secondary N) is 1. The number of sulfone groups is 1. The summed E-state index contributed by atoms with van der Waals surface area (Å²) in [6, 6.07) is 8.16. The van der Waals surface area contributed by atoms with Crippen molar-refractivity contribution < 1.29 is 8.42 Å². The zero-order chi connectivity index (χ0) is 12.0. The lowest BCUT2D eigenvalue weighted by molar-refractivity contribution is 0.591. The van der Waals surface area contributed by atoms with E-state index in [9.17, 15) is 8.42 Å². The summed E-state index contributed by atoms with van der Waals surface area (Å²) in [6.07, 6.45) is 0. The lowest BCUT2D eigenvalue weighted by atomic mass is 10.2. The molecule has 86 valence electrons. The first-order valence-corrected chi connectivity index (χ1v) is 6.69. The number of rotatable bonds is 5. The van der Waals surface area contributed by atoms with Gasteiger partial charge in [-0.05, 0) is 18.7 Å². The monoisotopic (exact) mass is 238 g/mol. The van der Waals surface area contributed by atoms with Gasteiger partial charge in [-0.2, -0.15) is 5.26 Å². The molecule has 0 heterocycles. The van der Waals surface area contributed by atoms with E-state index in [4.69, 9.17) is 5.26 Å². The summed E-state index contributed by atoms with van der Waals surface area (Å²) in [7, 11) is -3.36. The molecule has 0 aliphatic carbocycles. The third-order valence-electron chi connectivity index (χ3n) is 2.14. The summed E-state index contributed by atoms with van der Waals surface area (Å²) in [4.78, 5) is 0.121. The van der Waals surface area contributed by atoms with Crippen LogP contribution in [0.25, 0.3) is 0 Å². The van der Waals surface area contributed by atoms with Crippen molar-refractivity contribution >= 4 is 9.84 Å². The van der Waals surface area contributed by atoms with Gasteiger partial charge in [0.15, 0.2) is 9.84 Å². The highest BCUT2D eigenvalue weighted by Gasteiger charge is 2.17. The van der Waals surface area contributed by atoms with Gasteiger partial charge in [-0.1, -0.05) is 19.1 Å². The summed E-state index contributed by atoms with van der Waals surface area (Å²) in [5.41, 5.74) is 0.207. The van der Waals surface area contributed by atoms with Crippen LogP contribution < -0.4 is 5.32 Å². The first-order chi connectivity index (χ1) is 7.61. The standard InChI is InChI=1S/C11H14N2O2S/c1-2-13-7-8-16(14,15)11-6-4-3-5-10(11)9-12/h3-6,13H,2,7-8H2,1H3. The van der Waals surface area contributed by atoms with Gasteiger partial charge in [-0.15, -0.1) is 0 Å². The lowest BCUT2D eigenvalue weighted by Crippen LogP contribution is -2.23. The maximum Gasteiger partial charge on any atom is 0.180 e. The van der Waals surface area contributed by atoms with Crippen molar-refractivity contribution in [2.24, 2.45) is 0 Å². The van der Waals surface area contributed by atoms with E-state index in [0.29, 0.717) is 6.54 Å². The average Bonchev–Trinajstić information content (AvgIpc) is 2.29. The highest BCUT2D eigenvalue weighted by Crippen LogP contribution is 2.15. The molecule has 0 unspecified atom stereocenters. The van der Waals surface area contributed by atoms with Crippen LogP contribution in [0.4, 0.5) is 0 Å². The Balaban J connectivity index is 2.95. The fourth-order valence-corrected chi connectivity index (χ4v) is 2.69. The van der Waals surface area contributed by atoms with E-state index < -0.39 is 9.84 Å². The molecular weight excluding hydrogens is 224 g/mol. The third-order valence-corrected chi connectivity index (χ3v) is 3.91. The molecule has 0 fully saturated rings. The van der Waals surface area contributed by atoms with Crippen molar-refractivity contribution in [1.29, 1.82) is 5.26 Å². The highest BCUT2D eigenvalue weighted by atomic mass is 32.2. The van der Waals surface area contributed by atoms with E-state index in [1.807, 2.05) is 13.0 Å². The van der Waals surface area contributed by atoms with Crippen molar-refractivity contribution in [3.05, 3.63) is 29.8 Å². The van der Waals surface area contributed by atoms with Crippen LogP contribution in [0.5, 0.6) is 0 Å². The minimum absolute atomic E-state index is 0.0134. The number of hydrogen-bond acceptors (Lipinski definition) is 4. The fourth-order valence-electron chi connectivity index (χ4n) is 1.32. The second kappa shape index (κ2) is 5.64. The highest BCUT2D eigenvalue weighted by molar-refractivity contribution is 7.91.